The highest BCUT2D eigenvalue weighted by molar-refractivity contribution is 5.81. The van der Waals surface area contributed by atoms with Gasteiger partial charge in [-0.1, -0.05) is 47.5 Å². The van der Waals surface area contributed by atoms with Gasteiger partial charge in [-0.15, -0.1) is 0 Å². The van der Waals surface area contributed by atoms with Crippen LogP contribution in [0.1, 0.15) is 60.8 Å². The average molecular weight is 268 g/mol. The number of rotatable bonds is 8. The zero-order valence-electron chi connectivity index (χ0n) is 13.6. The van der Waals surface area contributed by atoms with E-state index in [1.54, 1.807) is 0 Å². The summed E-state index contributed by atoms with van der Waals surface area (Å²) in [4.78, 5) is 11.9. The van der Waals surface area contributed by atoms with Crippen molar-refractivity contribution >= 4 is 5.91 Å². The molecule has 1 aliphatic rings. The van der Waals surface area contributed by atoms with Crippen molar-refractivity contribution in [2.45, 2.75) is 66.8 Å². The van der Waals surface area contributed by atoms with Crippen LogP contribution < -0.4 is 10.6 Å². The van der Waals surface area contributed by atoms with Crippen molar-refractivity contribution < 1.29 is 4.79 Å². The van der Waals surface area contributed by atoms with E-state index < -0.39 is 0 Å². The summed E-state index contributed by atoms with van der Waals surface area (Å²) in [7, 11) is 0. The van der Waals surface area contributed by atoms with E-state index >= 15 is 0 Å². The first-order chi connectivity index (χ1) is 8.75. The van der Waals surface area contributed by atoms with Crippen LogP contribution in [-0.4, -0.2) is 25.0 Å². The van der Waals surface area contributed by atoms with Gasteiger partial charge in [0.05, 0.1) is 6.04 Å². The molecule has 112 valence electrons. The molecule has 1 aliphatic carbocycles. The lowest BCUT2D eigenvalue weighted by atomic mass is 10.0. The fraction of sp³-hybridized carbons (Fsp3) is 0.938. The fourth-order valence-corrected chi connectivity index (χ4v) is 2.97. The van der Waals surface area contributed by atoms with Gasteiger partial charge in [0.25, 0.3) is 0 Å². The Morgan fingerprint density at radius 3 is 2.21 bits per heavy atom. The summed E-state index contributed by atoms with van der Waals surface area (Å²) in [5.74, 6) is 0.794. The topological polar surface area (TPSA) is 41.1 Å². The molecule has 3 nitrogen and oxygen atoms in total. The average Bonchev–Trinajstić information content (AvgIpc) is 2.72. The van der Waals surface area contributed by atoms with E-state index in [0.717, 1.165) is 19.5 Å². The first-order valence-electron chi connectivity index (χ1n) is 7.76. The Kier molecular flexibility index (Phi) is 5.43. The maximum Gasteiger partial charge on any atom is 0.236 e. The second-order valence-corrected chi connectivity index (χ2v) is 7.12. The summed E-state index contributed by atoms with van der Waals surface area (Å²) in [6, 6.07) is -0.0890. The van der Waals surface area contributed by atoms with Gasteiger partial charge in [0.15, 0.2) is 0 Å². The predicted octanol–water partition coefficient (Wildman–Crippen LogP) is 2.95. The van der Waals surface area contributed by atoms with Crippen LogP contribution in [0.25, 0.3) is 0 Å². The van der Waals surface area contributed by atoms with Gasteiger partial charge in [0.1, 0.15) is 0 Å². The molecular formula is C16H32N2O. The van der Waals surface area contributed by atoms with E-state index in [1.807, 2.05) is 6.92 Å². The van der Waals surface area contributed by atoms with Gasteiger partial charge in [-0.25, -0.2) is 0 Å². The van der Waals surface area contributed by atoms with Gasteiger partial charge >= 0.3 is 0 Å². The highest BCUT2D eigenvalue weighted by Crippen LogP contribution is 2.67. The molecule has 0 bridgehead atoms. The summed E-state index contributed by atoms with van der Waals surface area (Å²) in [6.45, 7) is 15.1. The van der Waals surface area contributed by atoms with E-state index in [1.165, 1.54) is 12.8 Å². The summed E-state index contributed by atoms with van der Waals surface area (Å²) in [5, 5.41) is 6.39. The van der Waals surface area contributed by atoms with Gasteiger partial charge in [0.2, 0.25) is 5.91 Å². The van der Waals surface area contributed by atoms with Crippen molar-refractivity contribution in [3.63, 3.8) is 0 Å². The molecule has 1 fully saturated rings. The largest absolute Gasteiger partial charge is 0.355 e. The minimum atomic E-state index is -0.0890. The van der Waals surface area contributed by atoms with Crippen molar-refractivity contribution in [2.75, 3.05) is 13.1 Å². The molecule has 1 amide bonds. The standard InChI is InChI=1S/C16H32N2O/c1-7-8-9-10-17-14(19)12(2)18-11-13-15(3,4)16(13,5)6/h12-13,18H,7-11H2,1-6H3,(H,17,19). The molecular weight excluding hydrogens is 236 g/mol. The minimum Gasteiger partial charge on any atom is -0.355 e. The van der Waals surface area contributed by atoms with Crippen LogP contribution >= 0.6 is 0 Å². The molecule has 1 rings (SSSR count). The summed E-state index contributed by atoms with van der Waals surface area (Å²) >= 11 is 0. The molecule has 0 aromatic rings. The second kappa shape index (κ2) is 6.25. The van der Waals surface area contributed by atoms with E-state index in [0.29, 0.717) is 16.7 Å². The Morgan fingerprint density at radius 1 is 1.16 bits per heavy atom. The van der Waals surface area contributed by atoms with Crippen LogP contribution in [0.2, 0.25) is 0 Å². The zero-order valence-corrected chi connectivity index (χ0v) is 13.6. The lowest BCUT2D eigenvalue weighted by molar-refractivity contribution is -0.122. The molecule has 0 aliphatic heterocycles. The number of carbonyl (C=O) groups excluding carboxylic acids is 1. The molecule has 0 aromatic heterocycles. The van der Waals surface area contributed by atoms with Crippen molar-refractivity contribution in [1.29, 1.82) is 0 Å². The molecule has 0 saturated heterocycles. The van der Waals surface area contributed by atoms with Gasteiger partial charge in [-0.05, 0) is 36.6 Å². The third-order valence-electron chi connectivity index (χ3n) is 5.42. The Balaban J connectivity index is 2.21. The molecule has 1 saturated carbocycles. The van der Waals surface area contributed by atoms with Gasteiger partial charge in [-0.3, -0.25) is 4.79 Å². The first kappa shape index (κ1) is 16.5. The molecule has 19 heavy (non-hydrogen) atoms. The molecule has 0 heterocycles. The van der Waals surface area contributed by atoms with Crippen molar-refractivity contribution in [3.05, 3.63) is 0 Å². The normalized spacial score (nSPS) is 22.0. The number of hydrogen-bond acceptors (Lipinski definition) is 2. The monoisotopic (exact) mass is 268 g/mol. The van der Waals surface area contributed by atoms with Crippen molar-refractivity contribution in [1.82, 2.24) is 10.6 Å². The SMILES string of the molecule is CCCCCNC(=O)C(C)NCC1C(C)(C)C1(C)C. The van der Waals surface area contributed by atoms with E-state index in [4.69, 9.17) is 0 Å². The number of nitrogens with one attached hydrogen (secondary N) is 2. The van der Waals surface area contributed by atoms with Crippen LogP contribution in [0, 0.1) is 16.7 Å². The summed E-state index contributed by atoms with van der Waals surface area (Å²) in [5.41, 5.74) is 0.772. The second-order valence-electron chi connectivity index (χ2n) is 7.12. The van der Waals surface area contributed by atoms with Gasteiger partial charge in [-0.2, -0.15) is 0 Å². The van der Waals surface area contributed by atoms with E-state index in [9.17, 15) is 4.79 Å². The van der Waals surface area contributed by atoms with E-state index in [-0.39, 0.29) is 11.9 Å². The van der Waals surface area contributed by atoms with Crippen LogP contribution in [0.3, 0.4) is 0 Å². The van der Waals surface area contributed by atoms with Gasteiger partial charge in [0, 0.05) is 6.54 Å². The van der Waals surface area contributed by atoms with Gasteiger partial charge < -0.3 is 10.6 Å². The number of amides is 1. The maximum absolute atomic E-state index is 11.9. The van der Waals surface area contributed by atoms with Crippen LogP contribution in [-0.2, 0) is 4.79 Å². The molecule has 2 N–H and O–H groups in total. The lowest BCUT2D eigenvalue weighted by Crippen LogP contribution is -2.43. The molecule has 1 unspecified atom stereocenters. The predicted molar refractivity (Wildman–Crippen MR) is 81.1 cm³/mol. The fourth-order valence-electron chi connectivity index (χ4n) is 2.97. The Morgan fingerprint density at radius 2 is 1.74 bits per heavy atom. The van der Waals surface area contributed by atoms with Crippen LogP contribution in [0.15, 0.2) is 0 Å². The van der Waals surface area contributed by atoms with Crippen LogP contribution in [0.5, 0.6) is 0 Å². The molecule has 0 spiro atoms. The first-order valence-corrected chi connectivity index (χ1v) is 7.76. The van der Waals surface area contributed by atoms with Crippen molar-refractivity contribution in [3.8, 4) is 0 Å². The van der Waals surface area contributed by atoms with Crippen molar-refractivity contribution in [2.24, 2.45) is 16.7 Å². The quantitative estimate of drug-likeness (QED) is 0.665. The van der Waals surface area contributed by atoms with E-state index in [2.05, 4.69) is 45.3 Å². The lowest BCUT2D eigenvalue weighted by Gasteiger charge is -2.14. The number of carbonyl (C=O) groups is 1. The number of unbranched alkanes of at least 4 members (excludes halogenated alkanes) is 2. The Labute approximate surface area is 118 Å². The molecule has 0 radical (unpaired) electrons. The molecule has 1 atom stereocenters. The summed E-state index contributed by atoms with van der Waals surface area (Å²) < 4.78 is 0. The highest BCUT2D eigenvalue weighted by Gasteiger charge is 2.63. The summed E-state index contributed by atoms with van der Waals surface area (Å²) in [6.07, 6.45) is 3.46. The molecule has 3 heteroatoms. The minimum absolute atomic E-state index is 0.0890. The number of hydrogen-bond donors (Lipinski definition) is 2. The Bertz CT molecular complexity index is 296. The molecule has 0 aromatic carbocycles. The Hall–Kier alpha value is -0.570. The third-order valence-corrected chi connectivity index (χ3v) is 5.42. The zero-order chi connectivity index (χ0) is 14.7. The maximum atomic E-state index is 11.9. The van der Waals surface area contributed by atoms with Crippen LogP contribution in [0.4, 0.5) is 0 Å². The highest BCUT2D eigenvalue weighted by atomic mass is 16.2. The smallest absolute Gasteiger partial charge is 0.236 e. The third kappa shape index (κ3) is 3.71.